The molecule has 4 heteroatoms. The maximum Gasteiger partial charge on any atom is 0.109 e. The Morgan fingerprint density at radius 2 is 2.05 bits per heavy atom. The van der Waals surface area contributed by atoms with Crippen molar-refractivity contribution in [1.82, 2.24) is 5.32 Å². The summed E-state index contributed by atoms with van der Waals surface area (Å²) in [7, 11) is 0. The minimum atomic E-state index is -0.336. The quantitative estimate of drug-likeness (QED) is 0.653. The van der Waals surface area contributed by atoms with Crippen LogP contribution in [0.4, 0.5) is 0 Å². The van der Waals surface area contributed by atoms with Crippen LogP contribution in [0.3, 0.4) is 0 Å². The number of ether oxygens (including phenoxy) is 2. The number of rotatable bonds is 9. The van der Waals surface area contributed by atoms with E-state index >= 15 is 0 Å². The Morgan fingerprint density at radius 3 is 2.68 bits per heavy atom. The lowest BCUT2D eigenvalue weighted by Crippen LogP contribution is -2.50. The van der Waals surface area contributed by atoms with Crippen LogP contribution in [0.5, 0.6) is 0 Å². The van der Waals surface area contributed by atoms with Crippen molar-refractivity contribution in [2.45, 2.75) is 58.0 Å². The summed E-state index contributed by atoms with van der Waals surface area (Å²) >= 11 is 0. The molecular weight excluding hydrogens is 240 g/mol. The van der Waals surface area contributed by atoms with E-state index in [4.69, 9.17) is 9.47 Å². The van der Waals surface area contributed by atoms with Crippen LogP contribution >= 0.6 is 0 Å². The van der Waals surface area contributed by atoms with Gasteiger partial charge in [-0.2, -0.15) is 5.26 Å². The van der Waals surface area contributed by atoms with Crippen molar-refractivity contribution in [2.75, 3.05) is 26.4 Å². The van der Waals surface area contributed by atoms with Crippen LogP contribution in [-0.4, -0.2) is 38.0 Å². The van der Waals surface area contributed by atoms with Gasteiger partial charge in [0.1, 0.15) is 5.54 Å². The molecule has 0 amide bonds. The van der Waals surface area contributed by atoms with Crippen molar-refractivity contribution in [1.29, 1.82) is 5.26 Å². The van der Waals surface area contributed by atoms with Crippen LogP contribution in [0.15, 0.2) is 0 Å². The largest absolute Gasteiger partial charge is 0.379 e. The number of hydrogen-bond acceptors (Lipinski definition) is 4. The molecule has 1 aliphatic rings. The van der Waals surface area contributed by atoms with Crippen molar-refractivity contribution < 1.29 is 9.47 Å². The zero-order valence-corrected chi connectivity index (χ0v) is 12.6. The maximum absolute atomic E-state index is 9.54. The van der Waals surface area contributed by atoms with Gasteiger partial charge in [0.25, 0.3) is 0 Å². The second-order valence-corrected chi connectivity index (χ2v) is 5.57. The summed E-state index contributed by atoms with van der Waals surface area (Å²) in [4.78, 5) is 0. The van der Waals surface area contributed by atoms with Gasteiger partial charge in [-0.25, -0.2) is 0 Å². The van der Waals surface area contributed by atoms with Crippen molar-refractivity contribution in [3.8, 4) is 6.07 Å². The maximum atomic E-state index is 9.54. The van der Waals surface area contributed by atoms with Gasteiger partial charge >= 0.3 is 0 Å². The van der Waals surface area contributed by atoms with Gasteiger partial charge < -0.3 is 9.47 Å². The molecule has 0 radical (unpaired) electrons. The van der Waals surface area contributed by atoms with Crippen molar-refractivity contribution in [3.05, 3.63) is 0 Å². The van der Waals surface area contributed by atoms with E-state index in [-0.39, 0.29) is 5.54 Å². The van der Waals surface area contributed by atoms with Gasteiger partial charge in [-0.15, -0.1) is 0 Å². The average Bonchev–Trinajstić information content (AvgIpc) is 2.76. The molecule has 1 N–H and O–H groups in total. The second-order valence-electron chi connectivity index (χ2n) is 5.57. The highest BCUT2D eigenvalue weighted by Gasteiger charge is 2.42. The van der Waals surface area contributed by atoms with Crippen LogP contribution in [0.2, 0.25) is 0 Å². The molecule has 0 heterocycles. The van der Waals surface area contributed by atoms with E-state index in [1.54, 1.807) is 0 Å². The van der Waals surface area contributed by atoms with Gasteiger partial charge in [0.15, 0.2) is 0 Å². The Kier molecular flexibility index (Phi) is 7.37. The Balaban J connectivity index is 2.33. The smallest absolute Gasteiger partial charge is 0.109 e. The summed E-state index contributed by atoms with van der Waals surface area (Å²) in [5.41, 5.74) is -0.336. The summed E-state index contributed by atoms with van der Waals surface area (Å²) in [6.45, 7) is 8.97. The first-order valence-electron chi connectivity index (χ1n) is 7.49. The zero-order chi connectivity index (χ0) is 14.1. The predicted octanol–water partition coefficient (Wildman–Crippen LogP) is 2.49. The van der Waals surface area contributed by atoms with Crippen molar-refractivity contribution in [3.63, 3.8) is 0 Å². The molecule has 0 aromatic heterocycles. The molecule has 1 saturated carbocycles. The SMILES string of the molecule is CCOCCOCCC1CCCC1(C#N)NC(C)C. The molecular formula is C15H28N2O2. The van der Waals surface area contributed by atoms with Crippen molar-refractivity contribution in [2.24, 2.45) is 5.92 Å². The van der Waals surface area contributed by atoms with E-state index in [0.29, 0.717) is 25.2 Å². The van der Waals surface area contributed by atoms with E-state index in [9.17, 15) is 5.26 Å². The highest BCUT2D eigenvalue weighted by atomic mass is 16.5. The molecule has 0 bridgehead atoms. The van der Waals surface area contributed by atoms with Crippen LogP contribution in [0.1, 0.15) is 46.5 Å². The number of nitrogens with zero attached hydrogens (tertiary/aromatic N) is 1. The Bertz CT molecular complexity index is 288. The lowest BCUT2D eigenvalue weighted by Gasteiger charge is -2.32. The van der Waals surface area contributed by atoms with Gasteiger partial charge in [0.2, 0.25) is 0 Å². The fraction of sp³-hybridized carbons (Fsp3) is 0.933. The van der Waals surface area contributed by atoms with E-state index in [1.807, 2.05) is 6.92 Å². The molecule has 19 heavy (non-hydrogen) atoms. The van der Waals surface area contributed by atoms with Gasteiger partial charge in [-0.1, -0.05) is 6.42 Å². The summed E-state index contributed by atoms with van der Waals surface area (Å²) in [5, 5.41) is 13.0. The number of nitriles is 1. The molecule has 0 spiro atoms. The lowest BCUT2D eigenvalue weighted by atomic mass is 9.85. The van der Waals surface area contributed by atoms with E-state index in [1.165, 1.54) is 0 Å². The topological polar surface area (TPSA) is 54.3 Å². The van der Waals surface area contributed by atoms with Crippen molar-refractivity contribution >= 4 is 0 Å². The van der Waals surface area contributed by atoms with Gasteiger partial charge in [0, 0.05) is 19.3 Å². The predicted molar refractivity (Wildman–Crippen MR) is 75.9 cm³/mol. The van der Waals surface area contributed by atoms with Gasteiger partial charge in [0.05, 0.1) is 19.3 Å². The molecule has 4 nitrogen and oxygen atoms in total. The minimum absolute atomic E-state index is 0.336. The molecule has 1 rings (SSSR count). The summed E-state index contributed by atoms with van der Waals surface area (Å²) in [6.07, 6.45) is 4.18. The molecule has 0 aliphatic heterocycles. The normalized spacial score (nSPS) is 26.8. The minimum Gasteiger partial charge on any atom is -0.379 e. The molecule has 2 unspecified atom stereocenters. The first-order valence-corrected chi connectivity index (χ1v) is 7.49. The molecule has 2 atom stereocenters. The highest BCUT2D eigenvalue weighted by Crippen LogP contribution is 2.37. The van der Waals surface area contributed by atoms with Crippen LogP contribution in [0.25, 0.3) is 0 Å². The highest BCUT2D eigenvalue weighted by molar-refractivity contribution is 5.14. The zero-order valence-electron chi connectivity index (χ0n) is 12.6. The van der Waals surface area contributed by atoms with Gasteiger partial charge in [-0.05, 0) is 46.0 Å². The first kappa shape index (κ1) is 16.4. The van der Waals surface area contributed by atoms with Crippen LogP contribution in [-0.2, 0) is 9.47 Å². The Labute approximate surface area is 117 Å². The third-order valence-electron chi connectivity index (χ3n) is 3.75. The monoisotopic (exact) mass is 268 g/mol. The summed E-state index contributed by atoms with van der Waals surface area (Å²) < 4.78 is 10.8. The van der Waals surface area contributed by atoms with E-state index in [2.05, 4.69) is 25.2 Å². The summed E-state index contributed by atoms with van der Waals surface area (Å²) in [5.74, 6) is 0.409. The Hall–Kier alpha value is -0.630. The fourth-order valence-electron chi connectivity index (χ4n) is 2.94. The molecule has 0 aromatic rings. The third kappa shape index (κ3) is 5.10. The van der Waals surface area contributed by atoms with Crippen LogP contribution < -0.4 is 5.32 Å². The Morgan fingerprint density at radius 1 is 1.32 bits per heavy atom. The second kappa shape index (κ2) is 8.52. The van der Waals surface area contributed by atoms with Crippen LogP contribution in [0, 0.1) is 17.2 Å². The molecule has 1 fully saturated rings. The van der Waals surface area contributed by atoms with E-state index in [0.717, 1.165) is 38.9 Å². The summed E-state index contributed by atoms with van der Waals surface area (Å²) in [6, 6.07) is 2.88. The number of nitrogens with one attached hydrogen (secondary N) is 1. The third-order valence-corrected chi connectivity index (χ3v) is 3.75. The standard InChI is InChI=1S/C15H28N2O2/c1-4-18-10-11-19-9-7-14-6-5-8-15(14,12-16)17-13(2)3/h13-14,17H,4-11H2,1-3H3. The molecule has 0 saturated heterocycles. The molecule has 1 aliphatic carbocycles. The first-order chi connectivity index (χ1) is 9.14. The fourth-order valence-corrected chi connectivity index (χ4v) is 2.94. The molecule has 0 aromatic carbocycles. The molecule has 110 valence electrons. The van der Waals surface area contributed by atoms with E-state index < -0.39 is 0 Å². The average molecular weight is 268 g/mol. The number of hydrogen-bond donors (Lipinski definition) is 1. The lowest BCUT2D eigenvalue weighted by molar-refractivity contribution is 0.0447. The van der Waals surface area contributed by atoms with Gasteiger partial charge in [-0.3, -0.25) is 5.32 Å².